The van der Waals surface area contributed by atoms with Crippen LogP contribution in [0.2, 0.25) is 0 Å². The van der Waals surface area contributed by atoms with Gasteiger partial charge in [0.2, 0.25) is 17.7 Å². The fourth-order valence-electron chi connectivity index (χ4n) is 4.41. The van der Waals surface area contributed by atoms with Crippen LogP contribution in [0.25, 0.3) is 0 Å². The van der Waals surface area contributed by atoms with E-state index in [1.807, 2.05) is 17.5 Å². The van der Waals surface area contributed by atoms with Crippen molar-refractivity contribution in [3.05, 3.63) is 82.3 Å². The second kappa shape index (κ2) is 11.3. The summed E-state index contributed by atoms with van der Waals surface area (Å²) in [5, 5.41) is 7.73. The molecule has 1 aliphatic carbocycles. The Hall–Kier alpha value is -3.52. The third-order valence-electron chi connectivity index (χ3n) is 6.03. The molecule has 1 saturated carbocycles. The van der Waals surface area contributed by atoms with Gasteiger partial charge < -0.3 is 10.6 Å². The molecule has 1 heterocycles. The largest absolute Gasteiger partial charge is 0.351 e. The van der Waals surface area contributed by atoms with Gasteiger partial charge in [-0.15, -0.1) is 11.3 Å². The molecule has 2 aromatic carbocycles. The highest BCUT2D eigenvalue weighted by Gasteiger charge is 2.34. The van der Waals surface area contributed by atoms with E-state index in [-0.39, 0.29) is 30.2 Å². The van der Waals surface area contributed by atoms with E-state index in [2.05, 4.69) is 10.6 Å². The van der Waals surface area contributed by atoms with Gasteiger partial charge in [-0.25, -0.2) is 4.39 Å². The number of nitrogens with zero attached hydrogens (tertiary/aromatic N) is 1. The Kier molecular flexibility index (Phi) is 7.92. The monoisotopic (exact) mass is 493 g/mol. The Morgan fingerprint density at radius 3 is 2.31 bits per heavy atom. The number of anilines is 2. The molecule has 3 amide bonds. The minimum atomic E-state index is -0.977. The van der Waals surface area contributed by atoms with Crippen LogP contribution in [0.3, 0.4) is 0 Å². The van der Waals surface area contributed by atoms with Crippen molar-refractivity contribution in [2.45, 2.75) is 51.1 Å². The van der Waals surface area contributed by atoms with Gasteiger partial charge in [0.25, 0.3) is 0 Å². The zero-order chi connectivity index (χ0) is 24.8. The molecule has 1 aromatic heterocycles. The second-order valence-electron chi connectivity index (χ2n) is 8.69. The Bertz CT molecular complexity index is 1160. The Labute approximate surface area is 208 Å². The Balaban J connectivity index is 1.74. The number of carbonyl (C=O) groups excluding carboxylic acids is 3. The summed E-state index contributed by atoms with van der Waals surface area (Å²) in [7, 11) is 0. The van der Waals surface area contributed by atoms with Crippen molar-refractivity contribution in [2.24, 2.45) is 0 Å². The molecule has 1 atom stereocenters. The second-order valence-corrected chi connectivity index (χ2v) is 9.72. The van der Waals surface area contributed by atoms with Gasteiger partial charge in [-0.3, -0.25) is 19.3 Å². The summed E-state index contributed by atoms with van der Waals surface area (Å²) in [6, 6.07) is 15.3. The van der Waals surface area contributed by atoms with Crippen LogP contribution >= 0.6 is 11.3 Å². The number of rotatable bonds is 8. The minimum absolute atomic E-state index is 0.0573. The number of benzene rings is 2. The van der Waals surface area contributed by atoms with Crippen molar-refractivity contribution in [2.75, 3.05) is 10.2 Å². The first-order chi connectivity index (χ1) is 16.9. The highest BCUT2D eigenvalue weighted by atomic mass is 32.1. The summed E-state index contributed by atoms with van der Waals surface area (Å²) in [5.41, 5.74) is 1.62. The molecule has 0 bridgehead atoms. The van der Waals surface area contributed by atoms with Crippen molar-refractivity contribution >= 4 is 40.4 Å². The molecule has 0 saturated heterocycles. The molecule has 0 radical (unpaired) electrons. The van der Waals surface area contributed by atoms with E-state index in [1.165, 1.54) is 35.3 Å². The number of carbonyl (C=O) groups is 3. The summed E-state index contributed by atoms with van der Waals surface area (Å²) in [6.07, 6.45) is 4.03. The van der Waals surface area contributed by atoms with Crippen LogP contribution in [-0.2, 0) is 20.8 Å². The fraction of sp³-hybridized carbons (Fsp3) is 0.296. The number of halogens is 1. The number of thiophene rings is 1. The summed E-state index contributed by atoms with van der Waals surface area (Å²) < 4.78 is 13.7. The first-order valence-corrected chi connectivity index (χ1v) is 12.6. The lowest BCUT2D eigenvalue weighted by atomic mass is 10.0. The van der Waals surface area contributed by atoms with E-state index >= 15 is 0 Å². The average Bonchev–Trinajstić information content (AvgIpc) is 3.53. The van der Waals surface area contributed by atoms with E-state index in [0.29, 0.717) is 16.9 Å². The summed E-state index contributed by atoms with van der Waals surface area (Å²) in [4.78, 5) is 41.2. The van der Waals surface area contributed by atoms with E-state index in [9.17, 15) is 18.8 Å². The lowest BCUT2D eigenvalue weighted by Crippen LogP contribution is -2.46. The van der Waals surface area contributed by atoms with Crippen LogP contribution in [0.5, 0.6) is 0 Å². The maximum atomic E-state index is 13.7. The molecule has 4 rings (SSSR count). The molecule has 2 N–H and O–H groups in total. The normalized spacial score (nSPS) is 14.3. The smallest absolute Gasteiger partial charge is 0.248 e. The van der Waals surface area contributed by atoms with Crippen molar-refractivity contribution in [3.63, 3.8) is 0 Å². The summed E-state index contributed by atoms with van der Waals surface area (Å²) in [6.45, 7) is 1.42. The van der Waals surface area contributed by atoms with Gasteiger partial charge >= 0.3 is 0 Å². The van der Waals surface area contributed by atoms with Gasteiger partial charge in [-0.05, 0) is 66.2 Å². The van der Waals surface area contributed by atoms with E-state index in [4.69, 9.17) is 0 Å². The van der Waals surface area contributed by atoms with Crippen molar-refractivity contribution < 1.29 is 18.8 Å². The van der Waals surface area contributed by atoms with Crippen LogP contribution in [-0.4, -0.2) is 23.8 Å². The zero-order valence-electron chi connectivity index (χ0n) is 19.5. The highest BCUT2D eigenvalue weighted by molar-refractivity contribution is 7.10. The van der Waals surface area contributed by atoms with Gasteiger partial charge in [0, 0.05) is 29.2 Å². The van der Waals surface area contributed by atoms with Crippen LogP contribution in [0.15, 0.2) is 66.0 Å². The van der Waals surface area contributed by atoms with Gasteiger partial charge in [-0.2, -0.15) is 0 Å². The molecular weight excluding hydrogens is 465 g/mol. The molecular formula is C27H28FN3O3S. The molecule has 0 aliphatic heterocycles. The molecule has 182 valence electrons. The average molecular weight is 494 g/mol. The number of nitrogens with one attached hydrogen (secondary N) is 2. The van der Waals surface area contributed by atoms with Crippen LogP contribution in [0.1, 0.15) is 49.1 Å². The lowest BCUT2D eigenvalue weighted by Gasteiger charge is -2.32. The van der Waals surface area contributed by atoms with Crippen LogP contribution in [0.4, 0.5) is 15.8 Å². The van der Waals surface area contributed by atoms with E-state index in [0.717, 1.165) is 30.6 Å². The summed E-state index contributed by atoms with van der Waals surface area (Å²) in [5.74, 6) is -1.17. The first kappa shape index (κ1) is 24.6. The third-order valence-corrected chi connectivity index (χ3v) is 6.91. The van der Waals surface area contributed by atoms with Crippen molar-refractivity contribution in [1.82, 2.24) is 5.32 Å². The molecule has 35 heavy (non-hydrogen) atoms. The Morgan fingerprint density at radius 2 is 1.71 bits per heavy atom. The van der Waals surface area contributed by atoms with Gasteiger partial charge in [0.15, 0.2) is 0 Å². The molecule has 1 fully saturated rings. The minimum Gasteiger partial charge on any atom is -0.351 e. The standard InChI is InChI=1S/C27H28FN3O3S/c1-18(32)29-22-12-14-23(15-13-22)31(25(33)17-24-7-4-16-35-24)26(19-8-10-20(28)11-9-19)27(34)30-21-5-2-3-6-21/h4,7-16,21,26H,2-3,5-6,17H2,1H3,(H,29,32)(H,30,34). The van der Waals surface area contributed by atoms with Crippen LogP contribution in [0, 0.1) is 5.82 Å². The molecule has 8 heteroatoms. The topological polar surface area (TPSA) is 78.5 Å². The SMILES string of the molecule is CC(=O)Nc1ccc(N(C(=O)Cc2cccs2)C(C(=O)NC2CCCC2)c2ccc(F)cc2)cc1. The number of hydrogen-bond donors (Lipinski definition) is 2. The van der Waals surface area contributed by atoms with Gasteiger partial charge in [-0.1, -0.05) is 31.0 Å². The Morgan fingerprint density at radius 1 is 1.03 bits per heavy atom. The van der Waals surface area contributed by atoms with E-state index < -0.39 is 11.9 Å². The maximum Gasteiger partial charge on any atom is 0.248 e. The highest BCUT2D eigenvalue weighted by Crippen LogP contribution is 2.31. The number of amides is 3. The predicted molar refractivity (Wildman–Crippen MR) is 136 cm³/mol. The number of hydrogen-bond acceptors (Lipinski definition) is 4. The van der Waals surface area contributed by atoms with Gasteiger partial charge in [0.05, 0.1) is 6.42 Å². The maximum absolute atomic E-state index is 13.7. The lowest BCUT2D eigenvalue weighted by molar-refractivity contribution is -0.127. The molecule has 1 unspecified atom stereocenters. The zero-order valence-corrected chi connectivity index (χ0v) is 20.3. The molecule has 1 aliphatic rings. The quantitative estimate of drug-likeness (QED) is 0.452. The fourth-order valence-corrected chi connectivity index (χ4v) is 5.10. The van der Waals surface area contributed by atoms with Gasteiger partial charge in [0.1, 0.15) is 11.9 Å². The predicted octanol–water partition coefficient (Wildman–Crippen LogP) is 5.22. The van der Waals surface area contributed by atoms with Crippen molar-refractivity contribution in [1.29, 1.82) is 0 Å². The first-order valence-electron chi connectivity index (χ1n) is 11.7. The van der Waals surface area contributed by atoms with Crippen molar-refractivity contribution in [3.8, 4) is 0 Å². The molecule has 3 aromatic rings. The van der Waals surface area contributed by atoms with E-state index in [1.54, 1.807) is 36.4 Å². The molecule has 0 spiro atoms. The summed E-state index contributed by atoms with van der Waals surface area (Å²) >= 11 is 1.47. The van der Waals surface area contributed by atoms with Crippen LogP contribution < -0.4 is 15.5 Å². The molecule has 6 nitrogen and oxygen atoms in total. The third kappa shape index (κ3) is 6.33.